The Hall–Kier alpha value is -1.39. The van der Waals surface area contributed by atoms with Crippen molar-refractivity contribution in [2.45, 2.75) is 25.4 Å². The number of hydrogen-bond donors (Lipinski definition) is 2. The highest BCUT2D eigenvalue weighted by Crippen LogP contribution is 2.23. The standard InChI is InChI=1S/C13H19N3O/c1-13(17,7-8-14)9-11-10-5-3-4-6-12(10)16(2)15-11/h3-6,17H,7-9,14H2,1-2H3. The molecule has 0 amide bonds. The zero-order valence-corrected chi connectivity index (χ0v) is 10.3. The fraction of sp³-hybridized carbons (Fsp3) is 0.462. The zero-order chi connectivity index (χ0) is 12.5. The number of fused-ring (bicyclic) bond motifs is 1. The van der Waals surface area contributed by atoms with E-state index in [4.69, 9.17) is 5.73 Å². The highest BCUT2D eigenvalue weighted by molar-refractivity contribution is 5.81. The first-order valence-corrected chi connectivity index (χ1v) is 5.86. The van der Waals surface area contributed by atoms with E-state index in [0.717, 1.165) is 16.6 Å². The summed E-state index contributed by atoms with van der Waals surface area (Å²) in [5.74, 6) is 0. The minimum absolute atomic E-state index is 0.484. The fourth-order valence-electron chi connectivity index (χ4n) is 2.18. The maximum Gasteiger partial charge on any atom is 0.0731 e. The van der Waals surface area contributed by atoms with Crippen LogP contribution in [0.15, 0.2) is 24.3 Å². The molecule has 2 rings (SSSR count). The van der Waals surface area contributed by atoms with Crippen molar-refractivity contribution in [3.8, 4) is 0 Å². The number of aliphatic hydroxyl groups is 1. The van der Waals surface area contributed by atoms with Gasteiger partial charge < -0.3 is 10.8 Å². The van der Waals surface area contributed by atoms with E-state index in [1.54, 1.807) is 0 Å². The van der Waals surface area contributed by atoms with Crippen molar-refractivity contribution < 1.29 is 5.11 Å². The highest BCUT2D eigenvalue weighted by atomic mass is 16.3. The first kappa shape index (κ1) is 12.1. The Kier molecular flexibility index (Phi) is 3.17. The molecule has 1 aromatic heterocycles. The van der Waals surface area contributed by atoms with Crippen LogP contribution in [0, 0.1) is 0 Å². The van der Waals surface area contributed by atoms with Gasteiger partial charge in [0.2, 0.25) is 0 Å². The Morgan fingerprint density at radius 1 is 1.41 bits per heavy atom. The Balaban J connectivity index is 2.36. The van der Waals surface area contributed by atoms with Gasteiger partial charge in [-0.3, -0.25) is 4.68 Å². The smallest absolute Gasteiger partial charge is 0.0731 e. The van der Waals surface area contributed by atoms with Crippen molar-refractivity contribution in [1.82, 2.24) is 9.78 Å². The van der Waals surface area contributed by atoms with Gasteiger partial charge in [0.15, 0.2) is 0 Å². The van der Waals surface area contributed by atoms with Crippen LogP contribution in [0.5, 0.6) is 0 Å². The topological polar surface area (TPSA) is 64.1 Å². The first-order chi connectivity index (χ1) is 8.03. The van der Waals surface area contributed by atoms with Gasteiger partial charge >= 0.3 is 0 Å². The molecule has 0 bridgehead atoms. The second-order valence-corrected chi connectivity index (χ2v) is 4.80. The first-order valence-electron chi connectivity index (χ1n) is 5.86. The van der Waals surface area contributed by atoms with Gasteiger partial charge in [0.1, 0.15) is 0 Å². The van der Waals surface area contributed by atoms with Gasteiger partial charge in [0, 0.05) is 18.9 Å². The summed E-state index contributed by atoms with van der Waals surface area (Å²) >= 11 is 0. The van der Waals surface area contributed by atoms with Gasteiger partial charge in [0.05, 0.1) is 16.8 Å². The van der Waals surface area contributed by atoms with Crippen molar-refractivity contribution >= 4 is 10.9 Å². The number of para-hydroxylation sites is 1. The largest absolute Gasteiger partial charge is 0.390 e. The van der Waals surface area contributed by atoms with Crippen LogP contribution < -0.4 is 5.73 Å². The van der Waals surface area contributed by atoms with E-state index in [9.17, 15) is 5.11 Å². The number of benzene rings is 1. The molecule has 0 aliphatic carbocycles. The zero-order valence-electron chi connectivity index (χ0n) is 10.3. The molecule has 0 radical (unpaired) electrons. The number of nitrogens with zero attached hydrogens (tertiary/aromatic N) is 2. The maximum absolute atomic E-state index is 10.2. The van der Waals surface area contributed by atoms with E-state index in [-0.39, 0.29) is 0 Å². The van der Waals surface area contributed by atoms with Crippen LogP contribution in [0.2, 0.25) is 0 Å². The molecule has 1 heterocycles. The van der Waals surface area contributed by atoms with Crippen molar-refractivity contribution in [2.24, 2.45) is 12.8 Å². The summed E-state index contributed by atoms with van der Waals surface area (Å²) in [5.41, 5.74) is 6.74. The predicted molar refractivity (Wildman–Crippen MR) is 68.7 cm³/mol. The molecular formula is C13H19N3O. The molecule has 0 aliphatic rings. The fourth-order valence-corrected chi connectivity index (χ4v) is 2.18. The van der Waals surface area contributed by atoms with Crippen LogP contribution in [0.4, 0.5) is 0 Å². The summed E-state index contributed by atoms with van der Waals surface area (Å²) in [6.45, 7) is 2.29. The third-order valence-corrected chi connectivity index (χ3v) is 3.07. The SMILES string of the molecule is Cn1nc(CC(C)(O)CCN)c2ccccc21. The number of aryl methyl sites for hydroxylation is 1. The van der Waals surface area contributed by atoms with E-state index in [2.05, 4.69) is 5.10 Å². The van der Waals surface area contributed by atoms with E-state index < -0.39 is 5.60 Å². The van der Waals surface area contributed by atoms with E-state index >= 15 is 0 Å². The van der Waals surface area contributed by atoms with Gasteiger partial charge in [-0.1, -0.05) is 18.2 Å². The Labute approximate surface area is 101 Å². The predicted octanol–water partition coefficient (Wildman–Crippen LogP) is 1.22. The van der Waals surface area contributed by atoms with Crippen LogP contribution >= 0.6 is 0 Å². The molecule has 0 aliphatic heterocycles. The third kappa shape index (κ3) is 2.48. The lowest BCUT2D eigenvalue weighted by atomic mass is 9.95. The van der Waals surface area contributed by atoms with Crippen LogP contribution in [-0.4, -0.2) is 27.0 Å². The van der Waals surface area contributed by atoms with Crippen LogP contribution in [-0.2, 0) is 13.5 Å². The Morgan fingerprint density at radius 3 is 2.82 bits per heavy atom. The van der Waals surface area contributed by atoms with Gasteiger partial charge in [-0.2, -0.15) is 5.10 Å². The lowest BCUT2D eigenvalue weighted by Crippen LogP contribution is -2.30. The molecule has 1 unspecified atom stereocenters. The summed E-state index contributed by atoms with van der Waals surface area (Å²) in [6, 6.07) is 8.05. The average Bonchev–Trinajstić information content (AvgIpc) is 2.56. The lowest BCUT2D eigenvalue weighted by molar-refractivity contribution is 0.0531. The minimum atomic E-state index is -0.786. The van der Waals surface area contributed by atoms with Gasteiger partial charge in [-0.05, 0) is 26.0 Å². The molecule has 0 fully saturated rings. The molecule has 1 aromatic carbocycles. The molecule has 0 spiro atoms. The second kappa shape index (κ2) is 4.47. The minimum Gasteiger partial charge on any atom is -0.390 e. The Morgan fingerprint density at radius 2 is 2.12 bits per heavy atom. The lowest BCUT2D eigenvalue weighted by Gasteiger charge is -2.21. The molecule has 17 heavy (non-hydrogen) atoms. The maximum atomic E-state index is 10.2. The Bertz CT molecular complexity index is 516. The molecule has 4 nitrogen and oxygen atoms in total. The normalized spacial score (nSPS) is 15.1. The van der Waals surface area contributed by atoms with Crippen LogP contribution in [0.25, 0.3) is 10.9 Å². The molecule has 4 heteroatoms. The molecular weight excluding hydrogens is 214 g/mol. The molecule has 92 valence electrons. The van der Waals surface area contributed by atoms with E-state index in [0.29, 0.717) is 19.4 Å². The van der Waals surface area contributed by atoms with Gasteiger partial charge in [-0.25, -0.2) is 0 Å². The summed E-state index contributed by atoms with van der Waals surface area (Å²) in [7, 11) is 1.92. The second-order valence-electron chi connectivity index (χ2n) is 4.80. The molecule has 3 N–H and O–H groups in total. The summed E-state index contributed by atoms with van der Waals surface area (Å²) in [6.07, 6.45) is 1.11. The van der Waals surface area contributed by atoms with Crippen molar-refractivity contribution in [1.29, 1.82) is 0 Å². The number of hydrogen-bond acceptors (Lipinski definition) is 3. The van der Waals surface area contributed by atoms with Gasteiger partial charge in [-0.15, -0.1) is 0 Å². The van der Waals surface area contributed by atoms with E-state index in [1.165, 1.54) is 0 Å². The third-order valence-electron chi connectivity index (χ3n) is 3.07. The summed E-state index contributed by atoms with van der Waals surface area (Å²) in [5, 5.41) is 15.8. The van der Waals surface area contributed by atoms with Crippen LogP contribution in [0.1, 0.15) is 19.0 Å². The molecule has 1 atom stereocenters. The number of nitrogens with two attached hydrogens (primary N) is 1. The van der Waals surface area contributed by atoms with Crippen molar-refractivity contribution in [2.75, 3.05) is 6.54 Å². The summed E-state index contributed by atoms with van der Waals surface area (Å²) in [4.78, 5) is 0. The monoisotopic (exact) mass is 233 g/mol. The van der Waals surface area contributed by atoms with Crippen LogP contribution in [0.3, 0.4) is 0 Å². The van der Waals surface area contributed by atoms with Gasteiger partial charge in [0.25, 0.3) is 0 Å². The molecule has 0 saturated heterocycles. The number of rotatable bonds is 4. The molecule has 2 aromatic rings. The summed E-state index contributed by atoms with van der Waals surface area (Å²) < 4.78 is 1.85. The van der Waals surface area contributed by atoms with Crippen molar-refractivity contribution in [3.63, 3.8) is 0 Å². The quantitative estimate of drug-likeness (QED) is 0.834. The number of aromatic nitrogens is 2. The average molecular weight is 233 g/mol. The highest BCUT2D eigenvalue weighted by Gasteiger charge is 2.23. The van der Waals surface area contributed by atoms with Crippen molar-refractivity contribution in [3.05, 3.63) is 30.0 Å². The van der Waals surface area contributed by atoms with E-state index in [1.807, 2.05) is 42.9 Å². The molecule has 0 saturated carbocycles.